The Labute approximate surface area is 160 Å². The Balaban J connectivity index is 1.92. The molecule has 1 fully saturated rings. The molecule has 1 heterocycles. The first kappa shape index (κ1) is 18.2. The Morgan fingerprint density at radius 3 is 2.15 bits per heavy atom. The SMILES string of the molecule is O=C(C[C@H](c1ccccc1)C1C(=O)NC(=S)NC1=O)c1ccc(Cl)cc1. The lowest BCUT2D eigenvalue weighted by Gasteiger charge is -2.29. The zero-order valence-corrected chi connectivity index (χ0v) is 15.1. The minimum absolute atomic E-state index is 0.00388. The highest BCUT2D eigenvalue weighted by molar-refractivity contribution is 7.80. The zero-order chi connectivity index (χ0) is 18.7. The molecular weight excluding hydrogens is 372 g/mol. The Bertz CT molecular complexity index is 848. The summed E-state index contributed by atoms with van der Waals surface area (Å²) in [7, 11) is 0. The van der Waals surface area contributed by atoms with Crippen LogP contribution in [0.3, 0.4) is 0 Å². The predicted octanol–water partition coefficient (Wildman–Crippen LogP) is 2.84. The van der Waals surface area contributed by atoms with Gasteiger partial charge in [-0.15, -0.1) is 0 Å². The molecule has 0 saturated carbocycles. The summed E-state index contributed by atoms with van der Waals surface area (Å²) in [6.45, 7) is 0. The van der Waals surface area contributed by atoms with Gasteiger partial charge >= 0.3 is 0 Å². The van der Waals surface area contributed by atoms with Crippen molar-refractivity contribution in [1.29, 1.82) is 0 Å². The molecule has 0 unspecified atom stereocenters. The largest absolute Gasteiger partial charge is 0.302 e. The quantitative estimate of drug-likeness (QED) is 0.470. The van der Waals surface area contributed by atoms with Crippen LogP contribution in [0.15, 0.2) is 54.6 Å². The highest BCUT2D eigenvalue weighted by Crippen LogP contribution is 2.31. The van der Waals surface area contributed by atoms with Gasteiger partial charge in [0.1, 0.15) is 5.92 Å². The van der Waals surface area contributed by atoms with E-state index in [1.807, 2.05) is 6.07 Å². The lowest BCUT2D eigenvalue weighted by molar-refractivity contribution is -0.136. The predicted molar refractivity (Wildman–Crippen MR) is 102 cm³/mol. The fourth-order valence-corrected chi connectivity index (χ4v) is 3.30. The fourth-order valence-electron chi connectivity index (χ4n) is 2.98. The molecule has 3 rings (SSSR count). The summed E-state index contributed by atoms with van der Waals surface area (Å²) in [5.74, 6) is -2.83. The highest BCUT2D eigenvalue weighted by Gasteiger charge is 2.40. The third-order valence-corrected chi connectivity index (χ3v) is 4.70. The second-order valence-electron chi connectivity index (χ2n) is 5.94. The van der Waals surface area contributed by atoms with Crippen LogP contribution in [0.5, 0.6) is 0 Å². The van der Waals surface area contributed by atoms with Crippen LogP contribution in [0.2, 0.25) is 5.02 Å². The number of carbonyl (C=O) groups is 3. The van der Waals surface area contributed by atoms with Gasteiger partial charge in [0, 0.05) is 22.9 Å². The molecule has 0 aromatic heterocycles. The topological polar surface area (TPSA) is 75.3 Å². The maximum atomic E-state index is 12.7. The number of carbonyl (C=O) groups excluding carboxylic acids is 3. The van der Waals surface area contributed by atoms with Crippen LogP contribution < -0.4 is 10.6 Å². The van der Waals surface area contributed by atoms with Gasteiger partial charge in [-0.25, -0.2) is 0 Å². The second-order valence-corrected chi connectivity index (χ2v) is 6.78. The van der Waals surface area contributed by atoms with E-state index < -0.39 is 23.7 Å². The van der Waals surface area contributed by atoms with Crippen LogP contribution >= 0.6 is 23.8 Å². The summed E-state index contributed by atoms with van der Waals surface area (Å²) in [5.41, 5.74) is 1.21. The van der Waals surface area contributed by atoms with Gasteiger partial charge in [-0.05, 0) is 42.0 Å². The van der Waals surface area contributed by atoms with Crippen LogP contribution in [-0.2, 0) is 9.59 Å². The number of amides is 2. The first-order valence-corrected chi connectivity index (χ1v) is 8.73. The van der Waals surface area contributed by atoms with E-state index in [-0.39, 0.29) is 17.3 Å². The minimum Gasteiger partial charge on any atom is -0.302 e. The van der Waals surface area contributed by atoms with Crippen molar-refractivity contribution in [1.82, 2.24) is 10.6 Å². The second kappa shape index (κ2) is 7.76. The van der Waals surface area contributed by atoms with Crippen molar-refractivity contribution in [3.05, 3.63) is 70.7 Å². The molecule has 1 aliphatic rings. The third kappa shape index (κ3) is 3.98. The van der Waals surface area contributed by atoms with Crippen molar-refractivity contribution < 1.29 is 14.4 Å². The number of halogens is 1. The molecule has 2 aromatic carbocycles. The van der Waals surface area contributed by atoms with E-state index in [1.54, 1.807) is 48.5 Å². The molecule has 1 atom stereocenters. The molecule has 0 bridgehead atoms. The Hall–Kier alpha value is -2.57. The van der Waals surface area contributed by atoms with Crippen LogP contribution in [0.1, 0.15) is 28.3 Å². The average molecular weight is 387 g/mol. The molecule has 26 heavy (non-hydrogen) atoms. The maximum absolute atomic E-state index is 12.7. The first-order valence-electron chi connectivity index (χ1n) is 7.95. The van der Waals surface area contributed by atoms with Crippen LogP contribution in [0.4, 0.5) is 0 Å². The summed E-state index contributed by atoms with van der Waals surface area (Å²) < 4.78 is 0. The molecule has 1 saturated heterocycles. The van der Waals surface area contributed by atoms with Gasteiger partial charge in [0.05, 0.1) is 0 Å². The van der Waals surface area contributed by atoms with E-state index in [2.05, 4.69) is 10.6 Å². The van der Waals surface area contributed by atoms with Gasteiger partial charge in [-0.1, -0.05) is 41.9 Å². The van der Waals surface area contributed by atoms with Crippen molar-refractivity contribution in [2.24, 2.45) is 5.92 Å². The number of benzene rings is 2. The number of nitrogens with one attached hydrogen (secondary N) is 2. The highest BCUT2D eigenvalue weighted by atomic mass is 35.5. The number of hydrogen-bond acceptors (Lipinski definition) is 4. The monoisotopic (exact) mass is 386 g/mol. The third-order valence-electron chi connectivity index (χ3n) is 4.24. The van der Waals surface area contributed by atoms with Crippen molar-refractivity contribution in [2.75, 3.05) is 0 Å². The summed E-state index contributed by atoms with van der Waals surface area (Å²) in [5, 5.41) is 5.43. The fraction of sp³-hybridized carbons (Fsp3) is 0.158. The van der Waals surface area contributed by atoms with Gasteiger partial charge in [0.25, 0.3) is 0 Å². The minimum atomic E-state index is -1.04. The van der Waals surface area contributed by atoms with E-state index in [0.29, 0.717) is 10.6 Å². The standard InChI is InChI=1S/C19H15ClN2O3S/c20-13-8-6-12(7-9-13)15(23)10-14(11-4-2-1-3-5-11)16-17(24)21-19(26)22-18(16)25/h1-9,14,16H,10H2,(H2,21,22,24,25,26)/t14-/m1/s1. The smallest absolute Gasteiger partial charge is 0.239 e. The van der Waals surface area contributed by atoms with Gasteiger partial charge in [-0.2, -0.15) is 0 Å². The number of thiocarbonyl (C=S) groups is 1. The summed E-state index contributed by atoms with van der Waals surface area (Å²) in [6.07, 6.45) is 0.00388. The van der Waals surface area contributed by atoms with E-state index in [1.165, 1.54) is 0 Å². The summed E-state index contributed by atoms with van der Waals surface area (Å²) >= 11 is 10.7. The molecule has 7 heteroatoms. The Kier molecular flexibility index (Phi) is 5.44. The number of Topliss-reactive ketones (excluding diaryl/α,β-unsaturated/α-hetero) is 1. The number of ketones is 1. The van der Waals surface area contributed by atoms with E-state index in [0.717, 1.165) is 5.56 Å². The summed E-state index contributed by atoms with van der Waals surface area (Å²) in [6, 6.07) is 15.6. The normalized spacial score (nSPS) is 16.0. The average Bonchev–Trinajstić information content (AvgIpc) is 2.61. The molecule has 0 aliphatic carbocycles. The van der Waals surface area contributed by atoms with Crippen LogP contribution in [0.25, 0.3) is 0 Å². The Morgan fingerprint density at radius 2 is 1.58 bits per heavy atom. The van der Waals surface area contributed by atoms with Gasteiger partial charge in [0.15, 0.2) is 10.9 Å². The van der Waals surface area contributed by atoms with E-state index in [4.69, 9.17) is 23.8 Å². The lowest BCUT2D eigenvalue weighted by Crippen LogP contribution is -2.57. The first-order chi connectivity index (χ1) is 12.5. The van der Waals surface area contributed by atoms with Gasteiger partial charge in [0.2, 0.25) is 11.8 Å². The van der Waals surface area contributed by atoms with Crippen molar-refractivity contribution in [3.8, 4) is 0 Å². The molecule has 2 aromatic rings. The zero-order valence-electron chi connectivity index (χ0n) is 13.6. The van der Waals surface area contributed by atoms with E-state index in [9.17, 15) is 14.4 Å². The number of rotatable bonds is 5. The molecule has 0 spiro atoms. The molecule has 0 radical (unpaired) electrons. The number of hydrogen-bond donors (Lipinski definition) is 2. The maximum Gasteiger partial charge on any atom is 0.239 e. The molecule has 1 aliphatic heterocycles. The Morgan fingerprint density at radius 1 is 1.00 bits per heavy atom. The van der Waals surface area contributed by atoms with Crippen molar-refractivity contribution >= 4 is 46.5 Å². The molecule has 2 N–H and O–H groups in total. The van der Waals surface area contributed by atoms with Crippen LogP contribution in [-0.4, -0.2) is 22.7 Å². The lowest BCUT2D eigenvalue weighted by atomic mass is 9.80. The molecule has 132 valence electrons. The molecular formula is C19H15ClN2O3S. The van der Waals surface area contributed by atoms with Gasteiger partial charge < -0.3 is 10.6 Å². The van der Waals surface area contributed by atoms with Gasteiger partial charge in [-0.3, -0.25) is 14.4 Å². The van der Waals surface area contributed by atoms with Crippen molar-refractivity contribution in [2.45, 2.75) is 12.3 Å². The molecule has 2 amide bonds. The summed E-state index contributed by atoms with van der Waals surface area (Å²) in [4.78, 5) is 37.5. The van der Waals surface area contributed by atoms with Crippen LogP contribution in [0, 0.1) is 5.92 Å². The molecule has 5 nitrogen and oxygen atoms in total. The van der Waals surface area contributed by atoms with Crippen molar-refractivity contribution in [3.63, 3.8) is 0 Å². The van der Waals surface area contributed by atoms with E-state index >= 15 is 0 Å².